The van der Waals surface area contributed by atoms with Crippen LogP contribution in [0.1, 0.15) is 38.5 Å². The first kappa shape index (κ1) is 32.1. The number of amides is 3. The summed E-state index contributed by atoms with van der Waals surface area (Å²) in [5.74, 6) is -1.66. The highest BCUT2D eigenvalue weighted by Crippen LogP contribution is 2.47. The molecule has 1 saturated carbocycles. The molecule has 13 heteroatoms. The second-order valence-electron chi connectivity index (χ2n) is 10.8. The van der Waals surface area contributed by atoms with Crippen LogP contribution in [0.25, 0.3) is 10.9 Å². The molecule has 0 radical (unpaired) electrons. The minimum absolute atomic E-state index is 0.106. The number of pyridine rings is 1. The molecule has 4 aromatic rings. The number of anilines is 2. The van der Waals surface area contributed by atoms with Crippen molar-refractivity contribution in [3.05, 3.63) is 78.5 Å². The van der Waals surface area contributed by atoms with E-state index < -0.39 is 34.8 Å². The van der Waals surface area contributed by atoms with Crippen LogP contribution in [0, 0.1) is 17.0 Å². The molecule has 1 aliphatic carbocycles. The number of ether oxygens (including phenoxy) is 3. The van der Waals surface area contributed by atoms with E-state index in [4.69, 9.17) is 19.4 Å². The lowest BCUT2D eigenvalue weighted by Gasteiger charge is -2.16. The SMILES string of the molecule is COc1cc2nccc(Oc3ccc(NC(=O)C4(C(=O)Nc5ccc(F)cc5)CC4)cc3F)c2cc1OCCCCCC(=O)NO. The molecule has 0 spiro atoms. The van der Waals surface area contributed by atoms with Gasteiger partial charge in [0, 0.05) is 41.5 Å². The van der Waals surface area contributed by atoms with Crippen molar-refractivity contribution in [2.45, 2.75) is 38.5 Å². The molecule has 0 saturated heterocycles. The molecule has 0 bridgehead atoms. The van der Waals surface area contributed by atoms with Gasteiger partial charge in [-0.05, 0) is 80.6 Å². The maximum absolute atomic E-state index is 15.2. The van der Waals surface area contributed by atoms with Crippen LogP contribution in [-0.2, 0) is 14.4 Å². The highest BCUT2D eigenvalue weighted by Gasteiger charge is 2.56. The topological polar surface area (TPSA) is 148 Å². The molecule has 5 rings (SSSR count). The van der Waals surface area contributed by atoms with Gasteiger partial charge in [0.15, 0.2) is 23.1 Å². The Bertz CT molecular complexity index is 1750. The fourth-order valence-corrected chi connectivity index (χ4v) is 4.79. The first-order valence-electron chi connectivity index (χ1n) is 14.6. The largest absolute Gasteiger partial charge is 0.493 e. The van der Waals surface area contributed by atoms with Gasteiger partial charge in [0.1, 0.15) is 17.0 Å². The van der Waals surface area contributed by atoms with Crippen LogP contribution in [0.3, 0.4) is 0 Å². The predicted molar refractivity (Wildman–Crippen MR) is 164 cm³/mol. The van der Waals surface area contributed by atoms with Gasteiger partial charge in [-0.2, -0.15) is 0 Å². The van der Waals surface area contributed by atoms with Gasteiger partial charge in [0.25, 0.3) is 0 Å². The normalized spacial score (nSPS) is 13.0. The van der Waals surface area contributed by atoms with Crippen molar-refractivity contribution in [2.75, 3.05) is 24.4 Å². The lowest BCUT2D eigenvalue weighted by molar-refractivity contribution is -0.131. The summed E-state index contributed by atoms with van der Waals surface area (Å²) >= 11 is 0. The van der Waals surface area contributed by atoms with E-state index in [2.05, 4.69) is 15.6 Å². The summed E-state index contributed by atoms with van der Waals surface area (Å²) in [6.07, 6.45) is 4.33. The molecule has 1 fully saturated rings. The quantitative estimate of drug-likeness (QED) is 0.0562. The van der Waals surface area contributed by atoms with Crippen LogP contribution in [-0.4, -0.2) is 41.6 Å². The number of hydroxylamine groups is 1. The number of aromatic nitrogens is 1. The van der Waals surface area contributed by atoms with E-state index in [9.17, 15) is 18.8 Å². The van der Waals surface area contributed by atoms with Gasteiger partial charge in [-0.1, -0.05) is 0 Å². The summed E-state index contributed by atoms with van der Waals surface area (Å²) in [6.45, 7) is 0.343. The molecule has 1 aliphatic rings. The minimum atomic E-state index is -1.30. The number of carbonyl (C=O) groups is 3. The molecule has 11 nitrogen and oxygen atoms in total. The van der Waals surface area contributed by atoms with Gasteiger partial charge in [-0.15, -0.1) is 0 Å². The number of benzene rings is 3. The number of fused-ring (bicyclic) bond motifs is 1. The number of methoxy groups -OCH3 is 1. The monoisotopic (exact) mass is 634 g/mol. The molecule has 0 aliphatic heterocycles. The minimum Gasteiger partial charge on any atom is -0.493 e. The summed E-state index contributed by atoms with van der Waals surface area (Å²) in [5.41, 5.74) is 1.34. The number of halogens is 2. The van der Waals surface area contributed by atoms with Crippen molar-refractivity contribution in [2.24, 2.45) is 5.41 Å². The highest BCUT2D eigenvalue weighted by molar-refractivity contribution is 6.16. The van der Waals surface area contributed by atoms with Crippen molar-refractivity contribution in [3.63, 3.8) is 0 Å². The van der Waals surface area contributed by atoms with Crippen molar-refractivity contribution in [1.82, 2.24) is 10.5 Å². The Hall–Kier alpha value is -5.30. The number of rotatable bonds is 14. The van der Waals surface area contributed by atoms with E-state index >= 15 is 4.39 Å². The zero-order valence-electron chi connectivity index (χ0n) is 24.9. The second kappa shape index (κ2) is 14.2. The number of unbranched alkanes of at least 4 members (excludes halogenated alkanes) is 2. The lowest BCUT2D eigenvalue weighted by Crippen LogP contribution is -2.35. The highest BCUT2D eigenvalue weighted by atomic mass is 19.1. The smallest absolute Gasteiger partial charge is 0.243 e. The van der Waals surface area contributed by atoms with E-state index in [1.165, 1.54) is 49.7 Å². The van der Waals surface area contributed by atoms with Gasteiger partial charge in [0.05, 0.1) is 19.2 Å². The van der Waals surface area contributed by atoms with Gasteiger partial charge >= 0.3 is 0 Å². The second-order valence-corrected chi connectivity index (χ2v) is 10.8. The van der Waals surface area contributed by atoms with E-state index in [0.29, 0.717) is 72.5 Å². The molecule has 1 aromatic heterocycles. The molecule has 3 aromatic carbocycles. The molecule has 1 heterocycles. The summed E-state index contributed by atoms with van der Waals surface area (Å²) < 4.78 is 45.7. The summed E-state index contributed by atoms with van der Waals surface area (Å²) in [5, 5.41) is 14.4. The third-order valence-electron chi connectivity index (χ3n) is 7.55. The third-order valence-corrected chi connectivity index (χ3v) is 7.55. The number of hydrogen-bond donors (Lipinski definition) is 4. The Morgan fingerprint density at radius 3 is 2.24 bits per heavy atom. The average molecular weight is 635 g/mol. The fourth-order valence-electron chi connectivity index (χ4n) is 4.79. The Morgan fingerprint density at radius 1 is 0.848 bits per heavy atom. The first-order valence-corrected chi connectivity index (χ1v) is 14.6. The van der Waals surface area contributed by atoms with Crippen LogP contribution in [0.2, 0.25) is 0 Å². The zero-order chi connectivity index (χ0) is 32.7. The van der Waals surface area contributed by atoms with Gasteiger partial charge in [-0.3, -0.25) is 24.6 Å². The molecule has 0 unspecified atom stereocenters. The standard InChI is InChI=1S/C33H32F2N4O7/c1-44-28-19-25-23(18-29(28)45-16-4-2-3-5-30(40)39-43)26(12-15-36-25)46-27-11-10-22(17-24(27)35)38-32(42)33(13-14-33)31(41)37-21-8-6-20(34)7-9-21/h6-12,15,17-19,43H,2-5,13-14,16H2,1H3,(H,37,41)(H,38,42)(H,39,40). The molecule has 46 heavy (non-hydrogen) atoms. The summed E-state index contributed by atoms with van der Waals surface area (Å²) in [4.78, 5) is 41.4. The van der Waals surface area contributed by atoms with Crippen molar-refractivity contribution in [3.8, 4) is 23.0 Å². The van der Waals surface area contributed by atoms with E-state index in [1.807, 2.05) is 0 Å². The van der Waals surface area contributed by atoms with E-state index in [-0.39, 0.29) is 17.9 Å². The Morgan fingerprint density at radius 2 is 1.57 bits per heavy atom. The molecular weight excluding hydrogens is 602 g/mol. The first-order chi connectivity index (χ1) is 22.2. The van der Waals surface area contributed by atoms with Crippen LogP contribution in [0.4, 0.5) is 20.2 Å². The molecular formula is C33H32F2N4O7. The maximum atomic E-state index is 15.2. The van der Waals surface area contributed by atoms with Crippen LogP contribution >= 0.6 is 0 Å². The summed E-state index contributed by atoms with van der Waals surface area (Å²) in [6, 6.07) is 14.1. The number of hydrogen-bond acceptors (Lipinski definition) is 8. The van der Waals surface area contributed by atoms with Gasteiger partial charge < -0.3 is 24.8 Å². The van der Waals surface area contributed by atoms with E-state index in [1.54, 1.807) is 23.7 Å². The molecule has 0 atom stereocenters. The third kappa shape index (κ3) is 7.49. The van der Waals surface area contributed by atoms with Crippen LogP contribution < -0.4 is 30.3 Å². The maximum Gasteiger partial charge on any atom is 0.243 e. The zero-order valence-corrected chi connectivity index (χ0v) is 24.9. The number of nitrogens with zero attached hydrogens (tertiary/aromatic N) is 1. The molecule has 240 valence electrons. The van der Waals surface area contributed by atoms with Crippen molar-refractivity contribution < 1.29 is 42.6 Å². The van der Waals surface area contributed by atoms with Gasteiger partial charge in [-0.25, -0.2) is 14.3 Å². The molecule has 4 N–H and O–H groups in total. The number of nitrogens with one attached hydrogen (secondary N) is 3. The average Bonchev–Trinajstić information content (AvgIpc) is 3.87. The fraction of sp³-hybridized carbons (Fsp3) is 0.273. The lowest BCUT2D eigenvalue weighted by atomic mass is 10.0. The number of carbonyl (C=O) groups excluding carboxylic acids is 3. The Balaban J connectivity index is 1.24. The van der Waals surface area contributed by atoms with E-state index in [0.717, 1.165) is 6.07 Å². The van der Waals surface area contributed by atoms with Crippen molar-refractivity contribution in [1.29, 1.82) is 0 Å². The van der Waals surface area contributed by atoms with Gasteiger partial charge in [0.2, 0.25) is 17.7 Å². The van der Waals surface area contributed by atoms with Crippen molar-refractivity contribution >= 4 is 40.0 Å². The van der Waals surface area contributed by atoms with Crippen LogP contribution in [0.5, 0.6) is 23.0 Å². The van der Waals surface area contributed by atoms with Crippen LogP contribution in [0.15, 0.2) is 66.9 Å². The Kier molecular flexibility index (Phi) is 9.91. The Labute approximate surface area is 262 Å². The summed E-state index contributed by atoms with van der Waals surface area (Å²) in [7, 11) is 1.50. The predicted octanol–water partition coefficient (Wildman–Crippen LogP) is 6.12. The molecule has 3 amide bonds.